The Kier molecular flexibility index (Phi) is 5.07. The average Bonchev–Trinajstić information content (AvgIpc) is 2.87. The Hall–Kier alpha value is -3.08. The molecule has 0 fully saturated rings. The first-order valence-corrected chi connectivity index (χ1v) is 8.55. The Morgan fingerprint density at radius 2 is 1.85 bits per heavy atom. The highest BCUT2D eigenvalue weighted by molar-refractivity contribution is 5.97. The molecule has 5 nitrogen and oxygen atoms in total. The lowest BCUT2D eigenvalue weighted by atomic mass is 10.1. The molecule has 0 amide bonds. The fraction of sp³-hybridized carbons (Fsp3) is 0.238. The average molecular weight is 351 g/mol. The highest BCUT2D eigenvalue weighted by Gasteiger charge is 2.18. The van der Waals surface area contributed by atoms with Gasteiger partial charge in [0.1, 0.15) is 0 Å². The molecule has 134 valence electrons. The minimum Gasteiger partial charge on any atom is -0.481 e. The summed E-state index contributed by atoms with van der Waals surface area (Å²) in [5.41, 5.74) is 4.10. The van der Waals surface area contributed by atoms with Crippen LogP contribution in [0.5, 0.6) is 0 Å². The Morgan fingerprint density at radius 3 is 2.50 bits per heavy atom. The Balaban J connectivity index is 2.14. The minimum atomic E-state index is -0.895. The number of hydrogen-bond acceptors (Lipinski definition) is 3. The predicted octanol–water partition coefficient (Wildman–Crippen LogP) is 3.80. The minimum absolute atomic E-state index is 0.0869. The van der Waals surface area contributed by atoms with E-state index in [1.165, 1.54) is 0 Å². The second kappa shape index (κ2) is 7.44. The molecule has 26 heavy (non-hydrogen) atoms. The molecule has 0 atom stereocenters. The molecule has 0 aliphatic rings. The van der Waals surface area contributed by atoms with Crippen LogP contribution in [-0.4, -0.2) is 28.2 Å². The third-order valence-electron chi connectivity index (χ3n) is 4.48. The molecule has 2 aromatic carbocycles. The van der Waals surface area contributed by atoms with Gasteiger partial charge in [0.05, 0.1) is 18.6 Å². The van der Waals surface area contributed by atoms with Gasteiger partial charge in [0, 0.05) is 23.1 Å². The van der Waals surface area contributed by atoms with E-state index in [4.69, 9.17) is 4.74 Å². The normalized spacial score (nSPS) is 10.8. The van der Waals surface area contributed by atoms with Gasteiger partial charge in [-0.2, -0.15) is 0 Å². The van der Waals surface area contributed by atoms with Crippen LogP contribution in [0.1, 0.15) is 34.1 Å². The number of benzene rings is 2. The molecule has 3 rings (SSSR count). The lowest BCUT2D eigenvalue weighted by Crippen LogP contribution is -2.05. The number of carbonyl (C=O) groups excluding carboxylic acids is 1. The van der Waals surface area contributed by atoms with E-state index in [1.807, 2.05) is 43.3 Å². The van der Waals surface area contributed by atoms with Crippen LogP contribution in [0.25, 0.3) is 10.9 Å². The van der Waals surface area contributed by atoms with E-state index in [0.717, 1.165) is 27.7 Å². The summed E-state index contributed by atoms with van der Waals surface area (Å²) in [4.78, 5) is 23.4. The first-order valence-electron chi connectivity index (χ1n) is 8.55. The van der Waals surface area contributed by atoms with Crippen molar-refractivity contribution in [1.29, 1.82) is 0 Å². The number of fused-ring (bicyclic) bond motifs is 1. The molecule has 0 bridgehead atoms. The molecule has 0 aliphatic carbocycles. The highest BCUT2D eigenvalue weighted by Crippen LogP contribution is 2.29. The van der Waals surface area contributed by atoms with Crippen molar-refractivity contribution in [3.63, 3.8) is 0 Å². The van der Waals surface area contributed by atoms with E-state index >= 15 is 0 Å². The summed E-state index contributed by atoms with van der Waals surface area (Å²) >= 11 is 0. The maximum Gasteiger partial charge on any atom is 0.338 e. The Morgan fingerprint density at radius 1 is 1.12 bits per heavy atom. The molecular weight excluding hydrogens is 330 g/mol. The molecule has 5 heteroatoms. The van der Waals surface area contributed by atoms with Gasteiger partial charge in [0.2, 0.25) is 0 Å². The van der Waals surface area contributed by atoms with E-state index in [1.54, 1.807) is 19.1 Å². The second-order valence-corrected chi connectivity index (χ2v) is 6.16. The number of carboxylic acid groups (broad SMARTS) is 1. The van der Waals surface area contributed by atoms with Crippen molar-refractivity contribution < 1.29 is 19.4 Å². The molecule has 0 aliphatic heterocycles. The molecule has 1 heterocycles. The number of ether oxygens (including phenoxy) is 1. The molecule has 3 aromatic rings. The van der Waals surface area contributed by atoms with Crippen LogP contribution in [-0.2, 0) is 22.5 Å². The number of esters is 1. The standard InChI is InChI=1S/C21H21NO4/c1-3-26-21(25)16-9-10-19-18(11-16)17(12-20(23)24)14(2)22(19)13-15-7-5-4-6-8-15/h4-11H,3,12-13H2,1-2H3,(H,23,24). The first-order chi connectivity index (χ1) is 12.5. The summed E-state index contributed by atoms with van der Waals surface area (Å²) in [6, 6.07) is 15.3. The largest absolute Gasteiger partial charge is 0.481 e. The van der Waals surface area contributed by atoms with Gasteiger partial charge >= 0.3 is 11.9 Å². The van der Waals surface area contributed by atoms with Gasteiger partial charge < -0.3 is 14.4 Å². The number of carbonyl (C=O) groups is 2. The van der Waals surface area contributed by atoms with Crippen molar-refractivity contribution >= 4 is 22.8 Å². The van der Waals surface area contributed by atoms with E-state index in [0.29, 0.717) is 18.7 Å². The van der Waals surface area contributed by atoms with Crippen molar-refractivity contribution in [2.45, 2.75) is 26.8 Å². The van der Waals surface area contributed by atoms with Crippen LogP contribution >= 0.6 is 0 Å². The zero-order valence-electron chi connectivity index (χ0n) is 14.9. The maximum absolute atomic E-state index is 12.1. The number of carboxylic acids is 1. The molecule has 1 aromatic heterocycles. The van der Waals surface area contributed by atoms with Gasteiger partial charge in [-0.1, -0.05) is 30.3 Å². The van der Waals surface area contributed by atoms with E-state index < -0.39 is 11.9 Å². The van der Waals surface area contributed by atoms with Gasteiger partial charge in [-0.05, 0) is 43.2 Å². The summed E-state index contributed by atoms with van der Waals surface area (Å²) in [6.45, 7) is 4.62. The first kappa shape index (κ1) is 17.7. The lowest BCUT2D eigenvalue weighted by molar-refractivity contribution is -0.136. The van der Waals surface area contributed by atoms with Crippen LogP contribution in [0.2, 0.25) is 0 Å². The highest BCUT2D eigenvalue weighted by atomic mass is 16.5. The van der Waals surface area contributed by atoms with Crippen molar-refractivity contribution in [3.8, 4) is 0 Å². The summed E-state index contributed by atoms with van der Waals surface area (Å²) in [5, 5.41) is 10.1. The third kappa shape index (κ3) is 3.47. The number of hydrogen-bond donors (Lipinski definition) is 1. The van der Waals surface area contributed by atoms with Crippen molar-refractivity contribution in [1.82, 2.24) is 4.57 Å². The van der Waals surface area contributed by atoms with Gasteiger partial charge in [0.15, 0.2) is 0 Å². The Labute approximate surface area is 151 Å². The van der Waals surface area contributed by atoms with Crippen LogP contribution in [0.15, 0.2) is 48.5 Å². The summed E-state index contributed by atoms with van der Waals surface area (Å²) < 4.78 is 7.16. The lowest BCUT2D eigenvalue weighted by Gasteiger charge is -2.09. The molecule has 0 saturated heterocycles. The quantitative estimate of drug-likeness (QED) is 0.686. The molecule has 0 spiro atoms. The van der Waals surface area contributed by atoms with E-state index in [2.05, 4.69) is 4.57 Å². The number of nitrogens with zero attached hydrogens (tertiary/aromatic N) is 1. The molecule has 0 radical (unpaired) electrons. The predicted molar refractivity (Wildman–Crippen MR) is 99.5 cm³/mol. The van der Waals surface area contributed by atoms with E-state index in [-0.39, 0.29) is 6.42 Å². The fourth-order valence-electron chi connectivity index (χ4n) is 3.24. The molecular formula is C21H21NO4. The van der Waals surface area contributed by atoms with Crippen molar-refractivity contribution in [2.24, 2.45) is 0 Å². The van der Waals surface area contributed by atoms with Crippen LogP contribution < -0.4 is 0 Å². The van der Waals surface area contributed by atoms with Crippen molar-refractivity contribution in [3.05, 3.63) is 70.9 Å². The molecule has 0 unspecified atom stereocenters. The summed E-state index contributed by atoms with van der Waals surface area (Å²) in [6.07, 6.45) is -0.0869. The monoisotopic (exact) mass is 351 g/mol. The van der Waals surface area contributed by atoms with Crippen molar-refractivity contribution in [2.75, 3.05) is 6.61 Å². The van der Waals surface area contributed by atoms with Gasteiger partial charge in [-0.15, -0.1) is 0 Å². The fourth-order valence-corrected chi connectivity index (χ4v) is 3.24. The molecule has 0 saturated carbocycles. The number of rotatable bonds is 6. The molecule has 1 N–H and O–H groups in total. The van der Waals surface area contributed by atoms with Crippen LogP contribution in [0.4, 0.5) is 0 Å². The SMILES string of the molecule is CCOC(=O)c1ccc2c(c1)c(CC(=O)O)c(C)n2Cc1ccccc1. The number of aliphatic carboxylic acids is 1. The zero-order valence-corrected chi connectivity index (χ0v) is 14.9. The van der Waals surface area contributed by atoms with E-state index in [9.17, 15) is 14.7 Å². The van der Waals surface area contributed by atoms with Gasteiger partial charge in [0.25, 0.3) is 0 Å². The Bertz CT molecular complexity index is 957. The summed E-state index contributed by atoms with van der Waals surface area (Å²) in [7, 11) is 0. The maximum atomic E-state index is 12.1. The van der Waals surface area contributed by atoms with Gasteiger partial charge in [-0.25, -0.2) is 4.79 Å². The second-order valence-electron chi connectivity index (χ2n) is 6.16. The third-order valence-corrected chi connectivity index (χ3v) is 4.48. The summed E-state index contributed by atoms with van der Waals surface area (Å²) in [5.74, 6) is -1.29. The van der Waals surface area contributed by atoms with Crippen LogP contribution in [0, 0.1) is 6.92 Å². The van der Waals surface area contributed by atoms with Gasteiger partial charge in [-0.3, -0.25) is 4.79 Å². The topological polar surface area (TPSA) is 68.5 Å². The van der Waals surface area contributed by atoms with Crippen LogP contribution in [0.3, 0.4) is 0 Å². The smallest absolute Gasteiger partial charge is 0.338 e. The zero-order chi connectivity index (χ0) is 18.7. The number of aromatic nitrogens is 1.